The predicted octanol–water partition coefficient (Wildman–Crippen LogP) is 1.59. The first-order valence-corrected chi connectivity index (χ1v) is 6.03. The molecule has 1 aromatic heterocycles. The van der Waals surface area contributed by atoms with Crippen LogP contribution in [-0.2, 0) is 11.3 Å². The van der Waals surface area contributed by atoms with Gasteiger partial charge < -0.3 is 4.90 Å². The molecule has 4 nitrogen and oxygen atoms in total. The fourth-order valence-corrected chi connectivity index (χ4v) is 2.11. The van der Waals surface area contributed by atoms with Crippen molar-refractivity contribution < 1.29 is 4.79 Å². The zero-order chi connectivity index (χ0) is 11.4. The van der Waals surface area contributed by atoms with Gasteiger partial charge in [0.05, 0.1) is 5.69 Å². The molecule has 1 fully saturated rings. The second-order valence-corrected chi connectivity index (χ2v) is 4.45. The summed E-state index contributed by atoms with van der Waals surface area (Å²) in [7, 11) is 0. The van der Waals surface area contributed by atoms with Crippen molar-refractivity contribution in [2.45, 2.75) is 39.2 Å². The van der Waals surface area contributed by atoms with Crippen molar-refractivity contribution in [1.29, 1.82) is 0 Å². The van der Waals surface area contributed by atoms with Gasteiger partial charge in [-0.3, -0.25) is 9.48 Å². The second kappa shape index (κ2) is 5.14. The lowest BCUT2D eigenvalue weighted by molar-refractivity contribution is -0.132. The molecule has 0 aromatic carbocycles. The Balaban J connectivity index is 1.91. The highest BCUT2D eigenvalue weighted by Gasteiger charge is 2.15. The highest BCUT2D eigenvalue weighted by Crippen LogP contribution is 2.10. The van der Waals surface area contributed by atoms with Gasteiger partial charge in [-0.15, -0.1) is 0 Å². The van der Waals surface area contributed by atoms with Gasteiger partial charge in [0.15, 0.2) is 0 Å². The number of carbonyl (C=O) groups is 1. The molecule has 2 rings (SSSR count). The van der Waals surface area contributed by atoms with E-state index in [-0.39, 0.29) is 5.91 Å². The van der Waals surface area contributed by atoms with Gasteiger partial charge in [0, 0.05) is 19.3 Å². The number of likely N-dealkylation sites (tertiary alicyclic amines) is 1. The smallest absolute Gasteiger partial charge is 0.244 e. The van der Waals surface area contributed by atoms with Gasteiger partial charge in [0.2, 0.25) is 5.91 Å². The van der Waals surface area contributed by atoms with Crippen LogP contribution in [0.25, 0.3) is 0 Å². The van der Waals surface area contributed by atoms with Crippen molar-refractivity contribution in [3.8, 4) is 0 Å². The molecule has 0 atom stereocenters. The Morgan fingerprint density at radius 2 is 2.00 bits per heavy atom. The largest absolute Gasteiger partial charge is 0.341 e. The maximum atomic E-state index is 12.0. The highest BCUT2D eigenvalue weighted by atomic mass is 16.2. The molecular formula is C12H19N3O. The normalized spacial score (nSPS) is 17.2. The Labute approximate surface area is 96.2 Å². The minimum atomic E-state index is 0.199. The molecule has 1 amide bonds. The molecule has 4 heteroatoms. The van der Waals surface area contributed by atoms with Crippen molar-refractivity contribution in [3.05, 3.63) is 18.0 Å². The van der Waals surface area contributed by atoms with Crippen LogP contribution in [-0.4, -0.2) is 33.7 Å². The van der Waals surface area contributed by atoms with Crippen LogP contribution >= 0.6 is 0 Å². The molecule has 0 aliphatic carbocycles. The van der Waals surface area contributed by atoms with Crippen LogP contribution in [0.1, 0.15) is 31.4 Å². The fraction of sp³-hybridized carbons (Fsp3) is 0.667. The van der Waals surface area contributed by atoms with Gasteiger partial charge in [-0.25, -0.2) is 0 Å². The zero-order valence-electron chi connectivity index (χ0n) is 9.85. The van der Waals surface area contributed by atoms with Gasteiger partial charge in [-0.2, -0.15) is 5.10 Å². The fourth-order valence-electron chi connectivity index (χ4n) is 2.11. The summed E-state index contributed by atoms with van der Waals surface area (Å²) in [6.07, 6.45) is 6.66. The third-order valence-electron chi connectivity index (χ3n) is 3.03. The topological polar surface area (TPSA) is 38.1 Å². The molecule has 1 aromatic rings. The van der Waals surface area contributed by atoms with Crippen LogP contribution in [0.2, 0.25) is 0 Å². The van der Waals surface area contributed by atoms with Crippen LogP contribution in [0.4, 0.5) is 0 Å². The van der Waals surface area contributed by atoms with E-state index < -0.39 is 0 Å². The summed E-state index contributed by atoms with van der Waals surface area (Å²) in [5, 5.41) is 4.24. The number of rotatable bonds is 2. The Morgan fingerprint density at radius 1 is 1.31 bits per heavy atom. The number of hydrogen-bond acceptors (Lipinski definition) is 2. The quantitative estimate of drug-likeness (QED) is 0.760. The van der Waals surface area contributed by atoms with E-state index in [9.17, 15) is 4.79 Å². The van der Waals surface area contributed by atoms with Crippen LogP contribution in [0.5, 0.6) is 0 Å². The average molecular weight is 221 g/mol. The average Bonchev–Trinajstić information content (AvgIpc) is 2.56. The van der Waals surface area contributed by atoms with Crippen molar-refractivity contribution >= 4 is 5.91 Å². The van der Waals surface area contributed by atoms with E-state index in [1.807, 2.05) is 24.1 Å². The Bertz CT molecular complexity index is 351. The second-order valence-electron chi connectivity index (χ2n) is 4.45. The van der Waals surface area contributed by atoms with E-state index in [0.717, 1.165) is 31.6 Å². The Kier molecular flexibility index (Phi) is 3.59. The van der Waals surface area contributed by atoms with E-state index >= 15 is 0 Å². The van der Waals surface area contributed by atoms with Gasteiger partial charge in [0.25, 0.3) is 0 Å². The van der Waals surface area contributed by atoms with E-state index in [2.05, 4.69) is 5.10 Å². The summed E-state index contributed by atoms with van der Waals surface area (Å²) in [6.45, 7) is 4.15. The molecule has 0 unspecified atom stereocenters. The van der Waals surface area contributed by atoms with E-state index in [1.54, 1.807) is 4.68 Å². The molecule has 0 bridgehead atoms. The molecule has 0 radical (unpaired) electrons. The van der Waals surface area contributed by atoms with E-state index in [1.165, 1.54) is 12.8 Å². The summed E-state index contributed by atoms with van der Waals surface area (Å²) in [4.78, 5) is 14.0. The third-order valence-corrected chi connectivity index (χ3v) is 3.03. The molecule has 1 aliphatic heterocycles. The Hall–Kier alpha value is -1.32. The maximum Gasteiger partial charge on any atom is 0.244 e. The number of hydrogen-bond donors (Lipinski definition) is 0. The molecule has 16 heavy (non-hydrogen) atoms. The van der Waals surface area contributed by atoms with Crippen molar-refractivity contribution in [2.24, 2.45) is 0 Å². The molecule has 88 valence electrons. The Morgan fingerprint density at radius 3 is 2.56 bits per heavy atom. The highest BCUT2D eigenvalue weighted by molar-refractivity contribution is 5.75. The van der Waals surface area contributed by atoms with Crippen LogP contribution in [0, 0.1) is 6.92 Å². The van der Waals surface area contributed by atoms with Gasteiger partial charge in [-0.1, -0.05) is 12.8 Å². The number of aryl methyl sites for hydroxylation is 1. The van der Waals surface area contributed by atoms with E-state index in [4.69, 9.17) is 0 Å². The molecule has 0 N–H and O–H groups in total. The van der Waals surface area contributed by atoms with Crippen LogP contribution in [0.3, 0.4) is 0 Å². The third kappa shape index (κ3) is 2.84. The van der Waals surface area contributed by atoms with E-state index in [0.29, 0.717) is 6.54 Å². The van der Waals surface area contributed by atoms with Gasteiger partial charge >= 0.3 is 0 Å². The first-order valence-electron chi connectivity index (χ1n) is 6.03. The van der Waals surface area contributed by atoms with Gasteiger partial charge in [-0.05, 0) is 25.8 Å². The molecule has 2 heterocycles. The summed E-state index contributed by atoms with van der Waals surface area (Å²) in [5.74, 6) is 0.199. The zero-order valence-corrected chi connectivity index (χ0v) is 9.85. The summed E-state index contributed by atoms with van der Waals surface area (Å²) < 4.78 is 1.72. The van der Waals surface area contributed by atoms with Crippen LogP contribution < -0.4 is 0 Å². The number of carbonyl (C=O) groups excluding carboxylic acids is 1. The monoisotopic (exact) mass is 221 g/mol. The number of aromatic nitrogens is 2. The van der Waals surface area contributed by atoms with Crippen LogP contribution in [0.15, 0.2) is 12.3 Å². The standard InChI is InChI=1S/C12H19N3O/c1-11-6-9-15(13-11)10-12(16)14-7-4-2-3-5-8-14/h6,9H,2-5,7-8,10H2,1H3. The molecule has 0 spiro atoms. The lowest BCUT2D eigenvalue weighted by atomic mass is 10.2. The summed E-state index contributed by atoms with van der Waals surface area (Å²) in [6, 6.07) is 1.93. The van der Waals surface area contributed by atoms with Crippen molar-refractivity contribution in [3.63, 3.8) is 0 Å². The van der Waals surface area contributed by atoms with Crippen molar-refractivity contribution in [2.75, 3.05) is 13.1 Å². The first kappa shape index (κ1) is 11.2. The van der Waals surface area contributed by atoms with Crippen molar-refractivity contribution in [1.82, 2.24) is 14.7 Å². The first-order chi connectivity index (χ1) is 7.75. The lowest BCUT2D eigenvalue weighted by Gasteiger charge is -2.20. The predicted molar refractivity (Wildman–Crippen MR) is 62.0 cm³/mol. The maximum absolute atomic E-state index is 12.0. The van der Waals surface area contributed by atoms with Gasteiger partial charge in [0.1, 0.15) is 6.54 Å². The molecule has 0 saturated carbocycles. The SMILES string of the molecule is Cc1ccn(CC(=O)N2CCCCCC2)n1. The summed E-state index contributed by atoms with van der Waals surface area (Å²) in [5.41, 5.74) is 0.962. The summed E-state index contributed by atoms with van der Waals surface area (Å²) >= 11 is 0. The number of amides is 1. The number of nitrogens with zero attached hydrogens (tertiary/aromatic N) is 3. The molecule has 1 saturated heterocycles. The lowest BCUT2D eigenvalue weighted by Crippen LogP contribution is -2.34. The molecular weight excluding hydrogens is 202 g/mol. The minimum absolute atomic E-state index is 0.199. The minimum Gasteiger partial charge on any atom is -0.341 e. The molecule has 1 aliphatic rings.